The number of aliphatic imine (C=N–C) groups is 1. The number of ether oxygens (including phenoxy) is 1. The number of hydrogen-bond acceptors (Lipinski definition) is 7. The van der Waals surface area contributed by atoms with Crippen LogP contribution in [0.15, 0.2) is 53.7 Å². The molecule has 1 atom stereocenters. The third-order valence-electron chi connectivity index (χ3n) is 5.19. The molecule has 2 aliphatic rings. The van der Waals surface area contributed by atoms with Crippen molar-refractivity contribution in [2.45, 2.75) is 37.5 Å². The minimum Gasteiger partial charge on any atom is -0.456 e. The van der Waals surface area contributed by atoms with Gasteiger partial charge >= 0.3 is 5.97 Å². The van der Waals surface area contributed by atoms with E-state index >= 15 is 0 Å². The lowest BCUT2D eigenvalue weighted by molar-refractivity contribution is -0.121. The zero-order valence-electron chi connectivity index (χ0n) is 17.5. The fourth-order valence-electron chi connectivity index (χ4n) is 3.54. The Morgan fingerprint density at radius 1 is 1.12 bits per heavy atom. The van der Waals surface area contributed by atoms with Gasteiger partial charge in [-0.2, -0.15) is 4.99 Å². The van der Waals surface area contributed by atoms with E-state index in [9.17, 15) is 14.4 Å². The largest absolute Gasteiger partial charge is 0.456 e. The maximum Gasteiger partial charge on any atom is 0.338 e. The van der Waals surface area contributed by atoms with E-state index in [2.05, 4.69) is 20.2 Å². The lowest BCUT2D eigenvalue weighted by Gasteiger charge is -2.27. The summed E-state index contributed by atoms with van der Waals surface area (Å²) in [4.78, 5) is 47.5. The molecular formula is C23H24N4O4S. The van der Waals surface area contributed by atoms with Crippen LogP contribution in [0.5, 0.6) is 0 Å². The van der Waals surface area contributed by atoms with Crippen molar-refractivity contribution >= 4 is 40.4 Å². The Hall–Kier alpha value is -3.20. The van der Waals surface area contributed by atoms with E-state index in [-0.39, 0.29) is 24.8 Å². The molecule has 0 spiro atoms. The number of hydrogen-bond donors (Lipinski definition) is 1. The predicted molar refractivity (Wildman–Crippen MR) is 122 cm³/mol. The van der Waals surface area contributed by atoms with Crippen molar-refractivity contribution in [1.29, 1.82) is 0 Å². The standard InChI is InChI=1S/C23H24N4O4S/c28-20(14-19-21(29)26-23(32-19)27-11-4-1-5-12-27)25-17-9-6-7-16(13-17)22(30)31-15-18-8-2-3-10-24-18/h2-3,6-10,13,19H,1,4-5,11-12,14-15H2,(H,25,28). The molecule has 0 bridgehead atoms. The van der Waals surface area contributed by atoms with Crippen LogP contribution in [-0.4, -0.2) is 51.2 Å². The van der Waals surface area contributed by atoms with Gasteiger partial charge in [0.2, 0.25) is 5.91 Å². The zero-order chi connectivity index (χ0) is 22.3. The lowest BCUT2D eigenvalue weighted by atomic mass is 10.1. The van der Waals surface area contributed by atoms with E-state index < -0.39 is 11.2 Å². The highest BCUT2D eigenvalue weighted by Crippen LogP contribution is 2.29. The molecule has 1 unspecified atom stereocenters. The summed E-state index contributed by atoms with van der Waals surface area (Å²) < 4.78 is 5.28. The molecule has 2 aromatic rings. The molecule has 166 valence electrons. The first-order valence-corrected chi connectivity index (χ1v) is 11.5. The van der Waals surface area contributed by atoms with Crippen LogP contribution in [0.2, 0.25) is 0 Å². The van der Waals surface area contributed by atoms with Crippen molar-refractivity contribution < 1.29 is 19.1 Å². The summed E-state index contributed by atoms with van der Waals surface area (Å²) in [5.41, 5.74) is 1.44. The normalized spacial score (nSPS) is 18.2. The Kier molecular flexibility index (Phi) is 7.16. The molecule has 2 amide bonds. The first-order valence-electron chi connectivity index (χ1n) is 10.6. The Labute approximate surface area is 190 Å². The van der Waals surface area contributed by atoms with Gasteiger partial charge in [0, 0.05) is 31.4 Å². The highest BCUT2D eigenvalue weighted by molar-refractivity contribution is 8.15. The van der Waals surface area contributed by atoms with Gasteiger partial charge < -0.3 is 15.0 Å². The van der Waals surface area contributed by atoms with Gasteiger partial charge in [-0.3, -0.25) is 14.6 Å². The molecule has 8 nitrogen and oxygen atoms in total. The Balaban J connectivity index is 1.29. The van der Waals surface area contributed by atoms with Gasteiger partial charge in [0.15, 0.2) is 5.17 Å². The van der Waals surface area contributed by atoms with Crippen LogP contribution in [0.4, 0.5) is 5.69 Å². The van der Waals surface area contributed by atoms with E-state index in [1.165, 1.54) is 18.2 Å². The molecule has 4 rings (SSSR count). The Morgan fingerprint density at radius 3 is 2.75 bits per heavy atom. The number of likely N-dealkylation sites (tertiary alicyclic amines) is 1. The van der Waals surface area contributed by atoms with Gasteiger partial charge in [-0.25, -0.2) is 4.79 Å². The minimum atomic E-state index is -0.515. The molecular weight excluding hydrogens is 428 g/mol. The van der Waals surface area contributed by atoms with Gasteiger partial charge in [-0.1, -0.05) is 23.9 Å². The number of anilines is 1. The van der Waals surface area contributed by atoms with E-state index in [1.807, 2.05) is 6.07 Å². The number of carbonyl (C=O) groups excluding carboxylic acids is 3. The molecule has 1 aromatic carbocycles. The van der Waals surface area contributed by atoms with Crippen LogP contribution in [-0.2, 0) is 20.9 Å². The number of piperidine rings is 1. The Morgan fingerprint density at radius 2 is 1.97 bits per heavy atom. The second-order valence-electron chi connectivity index (χ2n) is 7.62. The Bertz CT molecular complexity index is 1020. The molecule has 1 aromatic heterocycles. The molecule has 0 aliphatic carbocycles. The first-order chi connectivity index (χ1) is 15.6. The first kappa shape index (κ1) is 22.0. The highest BCUT2D eigenvalue weighted by atomic mass is 32.2. The van der Waals surface area contributed by atoms with Crippen LogP contribution in [0, 0.1) is 0 Å². The van der Waals surface area contributed by atoms with E-state index in [0.29, 0.717) is 16.9 Å². The number of amidine groups is 1. The summed E-state index contributed by atoms with van der Waals surface area (Å²) in [5, 5.41) is 2.98. The highest BCUT2D eigenvalue weighted by Gasteiger charge is 2.33. The smallest absolute Gasteiger partial charge is 0.338 e. The van der Waals surface area contributed by atoms with Crippen LogP contribution in [0.1, 0.15) is 41.7 Å². The second kappa shape index (κ2) is 10.4. The summed E-state index contributed by atoms with van der Waals surface area (Å²) in [6.45, 7) is 1.87. The number of carbonyl (C=O) groups is 3. The predicted octanol–water partition coefficient (Wildman–Crippen LogP) is 3.25. The zero-order valence-corrected chi connectivity index (χ0v) is 18.3. The molecule has 1 fully saturated rings. The number of esters is 1. The quantitative estimate of drug-likeness (QED) is 0.672. The topological polar surface area (TPSA) is 101 Å². The van der Waals surface area contributed by atoms with Gasteiger partial charge in [0.05, 0.1) is 11.3 Å². The van der Waals surface area contributed by atoms with Crippen molar-refractivity contribution in [2.75, 3.05) is 18.4 Å². The number of aromatic nitrogens is 1. The van der Waals surface area contributed by atoms with Crippen molar-refractivity contribution in [3.8, 4) is 0 Å². The molecule has 3 heterocycles. The van der Waals surface area contributed by atoms with Crippen molar-refractivity contribution in [2.24, 2.45) is 4.99 Å². The third-order valence-corrected chi connectivity index (χ3v) is 6.40. The number of thioether (sulfide) groups is 1. The van der Waals surface area contributed by atoms with Crippen LogP contribution in [0.3, 0.4) is 0 Å². The van der Waals surface area contributed by atoms with Gasteiger partial charge in [-0.05, 0) is 49.6 Å². The summed E-state index contributed by atoms with van der Waals surface area (Å²) in [6, 6.07) is 11.9. The monoisotopic (exact) mass is 452 g/mol. The lowest BCUT2D eigenvalue weighted by Crippen LogP contribution is -2.33. The van der Waals surface area contributed by atoms with Gasteiger partial charge in [-0.15, -0.1) is 0 Å². The number of benzene rings is 1. The molecule has 0 saturated carbocycles. The fraction of sp³-hybridized carbons (Fsp3) is 0.348. The minimum absolute atomic E-state index is 0.0265. The maximum absolute atomic E-state index is 12.5. The SMILES string of the molecule is O=C(CC1SC(N2CCCCC2)=NC1=O)Nc1cccc(C(=O)OCc2ccccn2)c1. The van der Waals surface area contributed by atoms with Crippen molar-refractivity contribution in [3.63, 3.8) is 0 Å². The number of amides is 2. The number of nitrogens with one attached hydrogen (secondary N) is 1. The maximum atomic E-state index is 12.5. The average molecular weight is 453 g/mol. The number of pyridine rings is 1. The van der Waals surface area contributed by atoms with Crippen molar-refractivity contribution in [3.05, 3.63) is 59.9 Å². The summed E-state index contributed by atoms with van der Waals surface area (Å²) in [7, 11) is 0. The summed E-state index contributed by atoms with van der Waals surface area (Å²) in [6.07, 6.45) is 5.05. The average Bonchev–Trinajstić information content (AvgIpc) is 3.19. The molecule has 9 heteroatoms. The fourth-order valence-corrected chi connectivity index (χ4v) is 4.66. The number of nitrogens with zero attached hydrogens (tertiary/aromatic N) is 3. The molecule has 1 N–H and O–H groups in total. The van der Waals surface area contributed by atoms with Gasteiger partial charge in [0.1, 0.15) is 11.9 Å². The molecule has 32 heavy (non-hydrogen) atoms. The van der Waals surface area contributed by atoms with Crippen molar-refractivity contribution in [1.82, 2.24) is 9.88 Å². The van der Waals surface area contributed by atoms with Crippen LogP contribution >= 0.6 is 11.8 Å². The molecule has 1 saturated heterocycles. The number of rotatable bonds is 6. The van der Waals surface area contributed by atoms with Crippen LogP contribution in [0.25, 0.3) is 0 Å². The van der Waals surface area contributed by atoms with Gasteiger partial charge in [0.25, 0.3) is 5.91 Å². The van der Waals surface area contributed by atoms with E-state index in [1.54, 1.807) is 42.6 Å². The molecule has 2 aliphatic heterocycles. The second-order valence-corrected chi connectivity index (χ2v) is 8.79. The summed E-state index contributed by atoms with van der Waals surface area (Å²) in [5.74, 6) is -1.07. The third kappa shape index (κ3) is 5.73. The van der Waals surface area contributed by atoms with E-state index in [4.69, 9.17) is 4.74 Å². The summed E-state index contributed by atoms with van der Waals surface area (Å²) >= 11 is 1.36. The van der Waals surface area contributed by atoms with E-state index in [0.717, 1.165) is 31.1 Å². The van der Waals surface area contributed by atoms with Crippen LogP contribution < -0.4 is 5.32 Å². The molecule has 0 radical (unpaired) electrons.